The van der Waals surface area contributed by atoms with Crippen molar-refractivity contribution in [1.29, 1.82) is 0 Å². The molecule has 1 aromatic heterocycles. The lowest BCUT2D eigenvalue weighted by atomic mass is 9.96. The van der Waals surface area contributed by atoms with Gasteiger partial charge < -0.3 is 4.90 Å². The summed E-state index contributed by atoms with van der Waals surface area (Å²) in [4.78, 5) is 2.43. The third-order valence-corrected chi connectivity index (χ3v) is 11.4. The molecule has 0 saturated heterocycles. The van der Waals surface area contributed by atoms with Gasteiger partial charge in [0.1, 0.15) is 0 Å². The minimum Gasteiger partial charge on any atom is -0.310 e. The quantitative estimate of drug-likeness (QED) is 0.169. The van der Waals surface area contributed by atoms with Crippen molar-refractivity contribution in [3.63, 3.8) is 0 Å². The number of anilines is 3. The zero-order valence-corrected chi connectivity index (χ0v) is 29.2. The van der Waals surface area contributed by atoms with Gasteiger partial charge in [0.15, 0.2) is 0 Å². The van der Waals surface area contributed by atoms with Crippen LogP contribution in [0.5, 0.6) is 0 Å². The summed E-state index contributed by atoms with van der Waals surface area (Å²) in [6, 6.07) is 73.0. The van der Waals surface area contributed by atoms with Crippen LogP contribution >= 0.6 is 11.3 Å². The van der Waals surface area contributed by atoms with Crippen LogP contribution in [0.4, 0.5) is 17.1 Å². The molecular formula is C50H33NS. The molecule has 1 heterocycles. The lowest BCUT2D eigenvalue weighted by molar-refractivity contribution is 1.30. The van der Waals surface area contributed by atoms with E-state index in [0.29, 0.717) is 0 Å². The van der Waals surface area contributed by atoms with Crippen molar-refractivity contribution in [3.05, 3.63) is 200 Å². The van der Waals surface area contributed by atoms with E-state index in [1.165, 1.54) is 80.8 Å². The van der Waals surface area contributed by atoms with Crippen molar-refractivity contribution in [1.82, 2.24) is 0 Å². The second-order valence-corrected chi connectivity index (χ2v) is 14.5. The standard InChI is InChI=1S/C50H33NS/c1-2-10-34(11-3-1)36-26-28-44(29-27-36)51(47-17-9-19-49-50(47)46-16-6-7-18-48(46)52-49)45-15-8-14-39(33-45)41-24-21-37-22-25-42(32-43(37)31-41)40-23-20-35-12-4-5-13-38(35)30-40/h1-33H. The molecule has 244 valence electrons. The van der Waals surface area contributed by atoms with Crippen LogP contribution in [-0.4, -0.2) is 0 Å². The normalized spacial score (nSPS) is 11.5. The van der Waals surface area contributed by atoms with Crippen LogP contribution < -0.4 is 4.90 Å². The van der Waals surface area contributed by atoms with Gasteiger partial charge in [0.25, 0.3) is 0 Å². The minimum absolute atomic E-state index is 1.12. The fraction of sp³-hybridized carbons (Fsp3) is 0. The Bertz CT molecular complexity index is 2900. The maximum absolute atomic E-state index is 2.43. The van der Waals surface area contributed by atoms with Crippen LogP contribution in [-0.2, 0) is 0 Å². The molecule has 0 saturated carbocycles. The molecule has 0 atom stereocenters. The monoisotopic (exact) mass is 679 g/mol. The summed E-state index contributed by atoms with van der Waals surface area (Å²) in [5.41, 5.74) is 10.7. The molecule has 1 nitrogen and oxygen atoms in total. The predicted molar refractivity (Wildman–Crippen MR) is 225 cm³/mol. The van der Waals surface area contributed by atoms with E-state index in [4.69, 9.17) is 0 Å². The number of fused-ring (bicyclic) bond motifs is 5. The fourth-order valence-corrected chi connectivity index (χ4v) is 8.73. The second kappa shape index (κ2) is 12.7. The average molecular weight is 680 g/mol. The minimum atomic E-state index is 1.12. The Morgan fingerprint density at radius 1 is 0.308 bits per heavy atom. The van der Waals surface area contributed by atoms with Crippen LogP contribution in [0, 0.1) is 0 Å². The summed E-state index contributed by atoms with van der Waals surface area (Å²) in [5.74, 6) is 0. The zero-order chi connectivity index (χ0) is 34.4. The Kier molecular flexibility index (Phi) is 7.41. The first kappa shape index (κ1) is 30.4. The molecule has 0 aliphatic heterocycles. The molecule has 0 aliphatic rings. The molecule has 9 aromatic carbocycles. The van der Waals surface area contributed by atoms with Crippen LogP contribution in [0.15, 0.2) is 200 Å². The largest absolute Gasteiger partial charge is 0.310 e. The second-order valence-electron chi connectivity index (χ2n) is 13.4. The van der Waals surface area contributed by atoms with Gasteiger partial charge in [-0.25, -0.2) is 0 Å². The van der Waals surface area contributed by atoms with Gasteiger partial charge in [-0.3, -0.25) is 0 Å². The van der Waals surface area contributed by atoms with Gasteiger partial charge >= 0.3 is 0 Å². The third-order valence-electron chi connectivity index (χ3n) is 10.2. The summed E-state index contributed by atoms with van der Waals surface area (Å²) in [5, 5.41) is 7.57. The number of nitrogens with zero attached hydrogens (tertiary/aromatic N) is 1. The number of thiophene rings is 1. The van der Waals surface area contributed by atoms with Crippen LogP contribution in [0.3, 0.4) is 0 Å². The van der Waals surface area contributed by atoms with Crippen LogP contribution in [0.2, 0.25) is 0 Å². The Hall–Kier alpha value is -6.48. The summed E-state index contributed by atoms with van der Waals surface area (Å²) >= 11 is 1.86. The molecule has 0 fully saturated rings. The Morgan fingerprint density at radius 3 is 1.62 bits per heavy atom. The first-order chi connectivity index (χ1) is 25.7. The number of hydrogen-bond acceptors (Lipinski definition) is 2. The van der Waals surface area contributed by atoms with Crippen molar-refractivity contribution in [2.75, 3.05) is 4.90 Å². The van der Waals surface area contributed by atoms with Crippen molar-refractivity contribution >= 4 is 70.1 Å². The molecule has 0 aliphatic carbocycles. The Balaban J connectivity index is 1.10. The Morgan fingerprint density at radius 2 is 0.846 bits per heavy atom. The van der Waals surface area contributed by atoms with Gasteiger partial charge in [-0.15, -0.1) is 11.3 Å². The van der Waals surface area contributed by atoms with Gasteiger partial charge in [-0.05, 0) is 116 Å². The summed E-state index contributed by atoms with van der Waals surface area (Å²) in [6.07, 6.45) is 0. The maximum atomic E-state index is 2.43. The van der Waals surface area contributed by atoms with Crippen molar-refractivity contribution < 1.29 is 0 Å². The van der Waals surface area contributed by atoms with Gasteiger partial charge in [-0.2, -0.15) is 0 Å². The van der Waals surface area contributed by atoms with E-state index in [0.717, 1.165) is 11.4 Å². The van der Waals surface area contributed by atoms with E-state index in [-0.39, 0.29) is 0 Å². The molecule has 0 spiro atoms. The molecule has 0 unspecified atom stereocenters. The van der Waals surface area contributed by atoms with Crippen molar-refractivity contribution in [2.24, 2.45) is 0 Å². The first-order valence-corrected chi connectivity index (χ1v) is 18.6. The summed E-state index contributed by atoms with van der Waals surface area (Å²) in [7, 11) is 0. The molecule has 2 heteroatoms. The van der Waals surface area contributed by atoms with Gasteiger partial charge in [0.05, 0.1) is 5.69 Å². The zero-order valence-electron chi connectivity index (χ0n) is 28.4. The van der Waals surface area contributed by atoms with Crippen molar-refractivity contribution in [2.45, 2.75) is 0 Å². The van der Waals surface area contributed by atoms with Crippen LogP contribution in [0.25, 0.3) is 75.1 Å². The molecule has 0 radical (unpaired) electrons. The fourth-order valence-electron chi connectivity index (χ4n) is 7.60. The van der Waals surface area contributed by atoms with Gasteiger partial charge in [0.2, 0.25) is 0 Å². The van der Waals surface area contributed by atoms with Gasteiger partial charge in [-0.1, -0.05) is 140 Å². The van der Waals surface area contributed by atoms with E-state index >= 15 is 0 Å². The number of hydrogen-bond donors (Lipinski definition) is 0. The molecule has 52 heavy (non-hydrogen) atoms. The van der Waals surface area contributed by atoms with Crippen molar-refractivity contribution in [3.8, 4) is 33.4 Å². The topological polar surface area (TPSA) is 3.24 Å². The highest BCUT2D eigenvalue weighted by Crippen LogP contribution is 2.45. The molecule has 0 bridgehead atoms. The molecule has 0 amide bonds. The lowest BCUT2D eigenvalue weighted by Gasteiger charge is -2.27. The number of rotatable bonds is 6. The first-order valence-electron chi connectivity index (χ1n) is 17.7. The molecule has 10 aromatic rings. The highest BCUT2D eigenvalue weighted by atomic mass is 32.1. The Labute approximate surface area is 307 Å². The number of benzene rings is 9. The van der Waals surface area contributed by atoms with E-state index in [2.05, 4.69) is 205 Å². The summed E-state index contributed by atoms with van der Waals surface area (Å²) in [6.45, 7) is 0. The van der Waals surface area contributed by atoms with E-state index in [9.17, 15) is 0 Å². The smallest absolute Gasteiger partial charge is 0.0554 e. The van der Waals surface area contributed by atoms with Gasteiger partial charge in [0, 0.05) is 31.5 Å². The molecule has 0 N–H and O–H groups in total. The predicted octanol–water partition coefficient (Wildman–Crippen LogP) is 14.8. The molecular weight excluding hydrogens is 647 g/mol. The third kappa shape index (κ3) is 5.42. The summed E-state index contributed by atoms with van der Waals surface area (Å²) < 4.78 is 2.59. The SMILES string of the molecule is c1ccc(-c2ccc(N(c3cccc(-c4ccc5ccc(-c6ccc7ccccc7c6)cc5c4)c3)c3cccc4sc5ccccc5c34)cc2)cc1. The average Bonchev–Trinajstić information content (AvgIpc) is 3.61. The maximum Gasteiger partial charge on any atom is 0.0554 e. The highest BCUT2D eigenvalue weighted by molar-refractivity contribution is 7.26. The van der Waals surface area contributed by atoms with E-state index in [1.54, 1.807) is 0 Å². The molecule has 10 rings (SSSR count). The lowest BCUT2D eigenvalue weighted by Crippen LogP contribution is -2.10. The highest BCUT2D eigenvalue weighted by Gasteiger charge is 2.19. The van der Waals surface area contributed by atoms with E-state index < -0.39 is 0 Å². The van der Waals surface area contributed by atoms with Crippen LogP contribution in [0.1, 0.15) is 0 Å². The van der Waals surface area contributed by atoms with E-state index in [1.807, 2.05) is 11.3 Å².